The molecule has 0 aliphatic carbocycles. The molecule has 1 aromatic rings. The third-order valence-electron chi connectivity index (χ3n) is 3.47. The Morgan fingerprint density at radius 3 is 2.74 bits per heavy atom. The average Bonchev–Trinajstić information content (AvgIpc) is 2.39. The zero-order valence-corrected chi connectivity index (χ0v) is 12.2. The Morgan fingerprint density at radius 1 is 1.21 bits per heavy atom. The highest BCUT2D eigenvalue weighted by Gasteiger charge is 2.14. The van der Waals surface area contributed by atoms with Gasteiger partial charge in [0.05, 0.1) is 6.61 Å². The molecule has 0 bridgehead atoms. The lowest BCUT2D eigenvalue weighted by Crippen LogP contribution is -2.28. The summed E-state index contributed by atoms with van der Waals surface area (Å²) in [5.74, 6) is 1.60. The number of hydrogen-bond donors (Lipinski definition) is 1. The molecule has 0 radical (unpaired) electrons. The first-order valence-electron chi connectivity index (χ1n) is 6.90. The summed E-state index contributed by atoms with van der Waals surface area (Å²) in [5.41, 5.74) is 1.27. The lowest BCUT2D eigenvalue weighted by Gasteiger charge is -2.22. The fourth-order valence-corrected chi connectivity index (χ4v) is 2.73. The van der Waals surface area contributed by atoms with Crippen LogP contribution in [0.25, 0.3) is 0 Å². The zero-order chi connectivity index (χ0) is 13.5. The number of rotatable bonds is 6. The first kappa shape index (κ1) is 14.6. The van der Waals surface area contributed by atoms with Gasteiger partial charge in [0, 0.05) is 12.1 Å². The molecular weight excluding hydrogens is 262 g/mol. The topological polar surface area (TPSA) is 30.5 Å². The van der Waals surface area contributed by atoms with E-state index in [4.69, 9.17) is 21.1 Å². The predicted octanol–water partition coefficient (Wildman–Crippen LogP) is 2.91. The number of benzene rings is 1. The molecule has 1 aliphatic heterocycles. The lowest BCUT2D eigenvalue weighted by atomic mass is 9.91. The Bertz CT molecular complexity index is 392. The summed E-state index contributed by atoms with van der Waals surface area (Å²) in [5, 5.41) is 4.14. The third-order valence-corrected chi connectivity index (χ3v) is 3.69. The summed E-state index contributed by atoms with van der Waals surface area (Å²) in [4.78, 5) is 0. The van der Waals surface area contributed by atoms with Gasteiger partial charge >= 0.3 is 0 Å². The van der Waals surface area contributed by atoms with Gasteiger partial charge < -0.3 is 14.8 Å². The number of methoxy groups -OCH3 is 1. The van der Waals surface area contributed by atoms with E-state index in [0.29, 0.717) is 13.2 Å². The van der Waals surface area contributed by atoms with Crippen LogP contribution in [0.2, 0.25) is 5.02 Å². The van der Waals surface area contributed by atoms with Crippen molar-refractivity contribution in [2.45, 2.75) is 19.3 Å². The molecule has 0 spiro atoms. The van der Waals surface area contributed by atoms with Gasteiger partial charge in [0.2, 0.25) is 0 Å². The third kappa shape index (κ3) is 5.01. The molecule has 19 heavy (non-hydrogen) atoms. The van der Waals surface area contributed by atoms with E-state index in [9.17, 15) is 0 Å². The van der Waals surface area contributed by atoms with Crippen molar-refractivity contribution in [3.05, 3.63) is 28.8 Å². The summed E-state index contributed by atoms with van der Waals surface area (Å²) in [7, 11) is 1.67. The second-order valence-corrected chi connectivity index (χ2v) is 5.47. The minimum atomic E-state index is 0.559. The number of ether oxygens (including phenoxy) is 2. The first-order valence-corrected chi connectivity index (χ1v) is 7.27. The molecule has 1 aliphatic rings. The minimum absolute atomic E-state index is 0.559. The molecule has 0 unspecified atom stereocenters. The summed E-state index contributed by atoms with van der Waals surface area (Å²) >= 11 is 6.16. The maximum Gasteiger partial charge on any atom is 0.121 e. The van der Waals surface area contributed by atoms with E-state index in [-0.39, 0.29) is 0 Å². The van der Waals surface area contributed by atoms with E-state index in [1.165, 1.54) is 18.4 Å². The highest BCUT2D eigenvalue weighted by Crippen LogP contribution is 2.25. The van der Waals surface area contributed by atoms with Crippen LogP contribution in [0.4, 0.5) is 0 Å². The molecule has 0 amide bonds. The van der Waals surface area contributed by atoms with Crippen LogP contribution >= 0.6 is 11.6 Å². The fraction of sp³-hybridized carbons (Fsp3) is 0.600. The fourth-order valence-electron chi connectivity index (χ4n) is 2.48. The quantitative estimate of drug-likeness (QED) is 0.815. The van der Waals surface area contributed by atoms with Crippen LogP contribution in [-0.2, 0) is 11.2 Å². The summed E-state index contributed by atoms with van der Waals surface area (Å²) in [6.45, 7) is 3.41. The van der Waals surface area contributed by atoms with Gasteiger partial charge in [0.15, 0.2) is 0 Å². The molecule has 1 aromatic carbocycles. The van der Waals surface area contributed by atoms with Crippen LogP contribution in [-0.4, -0.2) is 33.4 Å². The second kappa shape index (κ2) is 7.73. The van der Waals surface area contributed by atoms with Crippen molar-refractivity contribution in [3.63, 3.8) is 0 Å². The Balaban J connectivity index is 1.95. The van der Waals surface area contributed by atoms with Gasteiger partial charge in [0.1, 0.15) is 12.4 Å². The normalized spacial score (nSPS) is 16.5. The minimum Gasteiger partial charge on any atom is -0.491 e. The van der Waals surface area contributed by atoms with Crippen molar-refractivity contribution >= 4 is 11.6 Å². The van der Waals surface area contributed by atoms with Crippen molar-refractivity contribution in [1.29, 1.82) is 0 Å². The maximum absolute atomic E-state index is 6.16. The molecule has 1 saturated heterocycles. The van der Waals surface area contributed by atoms with Crippen LogP contribution in [0.5, 0.6) is 5.75 Å². The smallest absolute Gasteiger partial charge is 0.121 e. The zero-order valence-electron chi connectivity index (χ0n) is 11.5. The van der Waals surface area contributed by atoms with Gasteiger partial charge in [-0.3, -0.25) is 0 Å². The van der Waals surface area contributed by atoms with Crippen LogP contribution in [0.1, 0.15) is 18.4 Å². The Morgan fingerprint density at radius 2 is 2.00 bits per heavy atom. The van der Waals surface area contributed by atoms with E-state index >= 15 is 0 Å². The van der Waals surface area contributed by atoms with E-state index in [1.54, 1.807) is 7.11 Å². The molecule has 106 valence electrons. The van der Waals surface area contributed by atoms with Crippen LogP contribution in [0, 0.1) is 5.92 Å². The molecule has 0 saturated carbocycles. The molecule has 1 fully saturated rings. The summed E-state index contributed by atoms with van der Waals surface area (Å²) < 4.78 is 10.6. The van der Waals surface area contributed by atoms with Gasteiger partial charge in [-0.05, 0) is 62.0 Å². The standard InChI is InChI=1S/C15H22ClNO2/c1-18-6-7-19-15-10-13(9-14(16)11-15)8-12-2-4-17-5-3-12/h9-12,17H,2-8H2,1H3. The molecule has 0 atom stereocenters. The highest BCUT2D eigenvalue weighted by atomic mass is 35.5. The van der Waals surface area contributed by atoms with Crippen LogP contribution in [0.15, 0.2) is 18.2 Å². The van der Waals surface area contributed by atoms with E-state index in [0.717, 1.165) is 36.2 Å². The summed E-state index contributed by atoms with van der Waals surface area (Å²) in [6, 6.07) is 6.01. The maximum atomic E-state index is 6.16. The molecule has 3 nitrogen and oxygen atoms in total. The van der Waals surface area contributed by atoms with Gasteiger partial charge in [-0.25, -0.2) is 0 Å². The van der Waals surface area contributed by atoms with Gasteiger partial charge in [-0.1, -0.05) is 11.6 Å². The Hall–Kier alpha value is -0.770. The van der Waals surface area contributed by atoms with Crippen molar-refractivity contribution in [2.75, 3.05) is 33.4 Å². The average molecular weight is 284 g/mol. The highest BCUT2D eigenvalue weighted by molar-refractivity contribution is 6.30. The first-order chi connectivity index (χ1) is 9.28. The van der Waals surface area contributed by atoms with Gasteiger partial charge in [0.25, 0.3) is 0 Å². The van der Waals surface area contributed by atoms with Crippen molar-refractivity contribution in [2.24, 2.45) is 5.92 Å². The molecule has 1 N–H and O–H groups in total. The SMILES string of the molecule is COCCOc1cc(Cl)cc(CC2CCNCC2)c1. The predicted molar refractivity (Wildman–Crippen MR) is 78.1 cm³/mol. The monoisotopic (exact) mass is 283 g/mol. The molecule has 0 aromatic heterocycles. The lowest BCUT2D eigenvalue weighted by molar-refractivity contribution is 0.146. The largest absolute Gasteiger partial charge is 0.491 e. The van der Waals surface area contributed by atoms with Crippen LogP contribution < -0.4 is 10.1 Å². The van der Waals surface area contributed by atoms with E-state index in [2.05, 4.69) is 11.4 Å². The number of hydrogen-bond acceptors (Lipinski definition) is 3. The van der Waals surface area contributed by atoms with Gasteiger partial charge in [-0.15, -0.1) is 0 Å². The Labute approximate surface area is 120 Å². The second-order valence-electron chi connectivity index (χ2n) is 5.03. The van der Waals surface area contributed by atoms with Crippen molar-refractivity contribution < 1.29 is 9.47 Å². The van der Waals surface area contributed by atoms with E-state index in [1.807, 2.05) is 12.1 Å². The molecular formula is C15H22ClNO2. The number of piperidine rings is 1. The van der Waals surface area contributed by atoms with Crippen molar-refractivity contribution in [3.8, 4) is 5.75 Å². The number of nitrogens with one attached hydrogen (secondary N) is 1. The van der Waals surface area contributed by atoms with Crippen LogP contribution in [0.3, 0.4) is 0 Å². The summed E-state index contributed by atoms with van der Waals surface area (Å²) in [6.07, 6.45) is 3.57. The van der Waals surface area contributed by atoms with Gasteiger partial charge in [-0.2, -0.15) is 0 Å². The molecule has 2 rings (SSSR count). The Kier molecular flexibility index (Phi) is 5.95. The van der Waals surface area contributed by atoms with E-state index < -0.39 is 0 Å². The molecule has 4 heteroatoms. The van der Waals surface area contributed by atoms with Crippen molar-refractivity contribution in [1.82, 2.24) is 5.32 Å². The number of halogens is 1. The molecule has 1 heterocycles.